The van der Waals surface area contributed by atoms with Crippen LogP contribution in [0.2, 0.25) is 0 Å². The van der Waals surface area contributed by atoms with Gasteiger partial charge in [0.25, 0.3) is 0 Å². The first kappa shape index (κ1) is 15.3. The Hall–Kier alpha value is -2.28. The quantitative estimate of drug-likeness (QED) is 0.884. The van der Waals surface area contributed by atoms with E-state index in [1.807, 2.05) is 6.07 Å². The first-order chi connectivity index (χ1) is 11.7. The van der Waals surface area contributed by atoms with Crippen molar-refractivity contribution in [3.8, 4) is 11.8 Å². The lowest BCUT2D eigenvalue weighted by molar-refractivity contribution is 0.0864. The van der Waals surface area contributed by atoms with Gasteiger partial charge in [-0.25, -0.2) is 9.97 Å². The molecule has 2 fully saturated rings. The van der Waals surface area contributed by atoms with Gasteiger partial charge in [0.05, 0.1) is 0 Å². The first-order valence-corrected chi connectivity index (χ1v) is 8.54. The fraction of sp³-hybridized carbons (Fsp3) is 0.529. The van der Waals surface area contributed by atoms with Crippen LogP contribution in [0.4, 0.5) is 5.95 Å². The van der Waals surface area contributed by atoms with Gasteiger partial charge in [0.15, 0.2) is 11.8 Å². The van der Waals surface area contributed by atoms with E-state index >= 15 is 0 Å². The van der Waals surface area contributed by atoms with Crippen molar-refractivity contribution in [1.82, 2.24) is 19.4 Å². The minimum Gasteiger partial charge on any atom is -0.494 e. The van der Waals surface area contributed by atoms with Crippen LogP contribution in [0.5, 0.6) is 11.8 Å². The molecule has 0 bridgehead atoms. The highest BCUT2D eigenvalue weighted by molar-refractivity contribution is 5.30. The zero-order valence-corrected chi connectivity index (χ0v) is 13.6. The Bertz CT molecular complexity index is 670. The Morgan fingerprint density at radius 1 is 1.00 bits per heavy atom. The maximum absolute atomic E-state index is 9.82. The molecule has 0 unspecified atom stereocenters. The van der Waals surface area contributed by atoms with Gasteiger partial charge >= 0.3 is 0 Å². The van der Waals surface area contributed by atoms with Gasteiger partial charge in [-0.3, -0.25) is 9.47 Å². The van der Waals surface area contributed by atoms with Gasteiger partial charge in [0.1, 0.15) is 0 Å². The number of hydrogen-bond acceptors (Lipinski definition) is 6. The zero-order chi connectivity index (χ0) is 16.5. The van der Waals surface area contributed by atoms with Crippen molar-refractivity contribution in [3.05, 3.63) is 30.6 Å². The molecule has 0 aromatic carbocycles. The lowest BCUT2D eigenvalue weighted by Gasteiger charge is -2.46. The van der Waals surface area contributed by atoms with Crippen LogP contribution in [0.15, 0.2) is 30.6 Å². The van der Waals surface area contributed by atoms with Gasteiger partial charge in [-0.2, -0.15) is 0 Å². The van der Waals surface area contributed by atoms with E-state index in [9.17, 15) is 10.2 Å². The van der Waals surface area contributed by atoms with E-state index in [0.717, 1.165) is 45.0 Å². The van der Waals surface area contributed by atoms with Crippen LogP contribution in [0.25, 0.3) is 0 Å². The Kier molecular flexibility index (Phi) is 4.02. The molecule has 7 nitrogen and oxygen atoms in total. The normalized spacial score (nSPS) is 24.8. The molecule has 0 spiro atoms. The minimum atomic E-state index is 0.140. The highest BCUT2D eigenvalue weighted by Crippen LogP contribution is 2.30. The lowest BCUT2D eigenvalue weighted by Crippen LogP contribution is -2.57. The molecule has 2 atom stereocenters. The van der Waals surface area contributed by atoms with E-state index in [2.05, 4.69) is 19.8 Å². The molecule has 2 N–H and O–H groups in total. The molecule has 128 valence electrons. The van der Waals surface area contributed by atoms with E-state index in [-0.39, 0.29) is 11.8 Å². The molecule has 2 saturated heterocycles. The Morgan fingerprint density at radius 3 is 2.50 bits per heavy atom. The number of anilines is 1. The standard InChI is InChI=1S/C17H23N5O2/c23-15-4-5-16(24)22(15)11-13-2-3-14-12-21(9-8-20(14)10-13)17-18-6-1-7-19-17/h1,4-7,13-14,23-24H,2-3,8-12H2/t13-,14+/m1/s1. The summed E-state index contributed by atoms with van der Waals surface area (Å²) in [7, 11) is 0. The molecule has 0 amide bonds. The summed E-state index contributed by atoms with van der Waals surface area (Å²) in [4.78, 5) is 13.5. The van der Waals surface area contributed by atoms with Crippen LogP contribution in [-0.4, -0.2) is 61.9 Å². The summed E-state index contributed by atoms with van der Waals surface area (Å²) in [5.74, 6) is 1.55. The molecule has 0 radical (unpaired) electrons. The second-order valence-electron chi connectivity index (χ2n) is 6.75. The minimum absolute atomic E-state index is 0.140. The largest absolute Gasteiger partial charge is 0.494 e. The molecule has 2 aliphatic rings. The third-order valence-electron chi connectivity index (χ3n) is 5.22. The molecule has 0 aliphatic carbocycles. The third-order valence-corrected chi connectivity index (χ3v) is 5.22. The molecule has 24 heavy (non-hydrogen) atoms. The van der Waals surface area contributed by atoms with Crippen molar-refractivity contribution in [2.24, 2.45) is 5.92 Å². The fourth-order valence-corrected chi connectivity index (χ4v) is 3.93. The van der Waals surface area contributed by atoms with Crippen molar-refractivity contribution in [3.63, 3.8) is 0 Å². The zero-order valence-electron chi connectivity index (χ0n) is 13.6. The number of rotatable bonds is 3. The van der Waals surface area contributed by atoms with Crippen molar-refractivity contribution in [1.29, 1.82) is 0 Å². The lowest BCUT2D eigenvalue weighted by atomic mass is 9.91. The van der Waals surface area contributed by atoms with Crippen molar-refractivity contribution in [2.45, 2.75) is 25.4 Å². The highest BCUT2D eigenvalue weighted by Gasteiger charge is 2.34. The number of nitrogens with zero attached hydrogens (tertiary/aromatic N) is 5. The van der Waals surface area contributed by atoms with Gasteiger partial charge in [-0.05, 0) is 24.8 Å². The maximum Gasteiger partial charge on any atom is 0.225 e. The van der Waals surface area contributed by atoms with Crippen molar-refractivity contribution < 1.29 is 10.2 Å². The SMILES string of the molecule is Oc1ccc(O)n1C[C@@H]1CC[C@H]2CN(c3ncccn3)CCN2C1. The summed E-state index contributed by atoms with van der Waals surface area (Å²) in [6.07, 6.45) is 5.81. The molecule has 2 aliphatic heterocycles. The predicted octanol–water partition coefficient (Wildman–Crippen LogP) is 1.29. The number of piperidine rings is 1. The number of aromatic hydroxyl groups is 2. The maximum atomic E-state index is 9.82. The monoisotopic (exact) mass is 329 g/mol. The van der Waals surface area contributed by atoms with Crippen LogP contribution in [0.1, 0.15) is 12.8 Å². The van der Waals surface area contributed by atoms with E-state index < -0.39 is 0 Å². The number of hydrogen-bond donors (Lipinski definition) is 2. The van der Waals surface area contributed by atoms with E-state index in [1.54, 1.807) is 29.1 Å². The number of fused-ring (bicyclic) bond motifs is 1. The molecule has 4 heterocycles. The van der Waals surface area contributed by atoms with Crippen molar-refractivity contribution in [2.75, 3.05) is 31.1 Å². The van der Waals surface area contributed by atoms with Gasteiger partial charge in [0, 0.05) is 63.3 Å². The molecule has 2 aromatic heterocycles. The molecule has 7 heteroatoms. The van der Waals surface area contributed by atoms with Gasteiger partial charge in [-0.1, -0.05) is 0 Å². The molecule has 2 aromatic rings. The number of piperazine rings is 1. The molecular weight excluding hydrogens is 306 g/mol. The molecular formula is C17H23N5O2. The first-order valence-electron chi connectivity index (χ1n) is 8.54. The topological polar surface area (TPSA) is 77.6 Å². The summed E-state index contributed by atoms with van der Waals surface area (Å²) < 4.78 is 1.60. The van der Waals surface area contributed by atoms with Crippen LogP contribution < -0.4 is 4.90 Å². The molecule has 4 rings (SSSR count). The summed E-state index contributed by atoms with van der Waals surface area (Å²) in [6.45, 7) is 4.58. The van der Waals surface area contributed by atoms with Crippen molar-refractivity contribution >= 4 is 5.95 Å². The second-order valence-corrected chi connectivity index (χ2v) is 6.75. The van der Waals surface area contributed by atoms with E-state index in [0.29, 0.717) is 18.5 Å². The molecule has 0 saturated carbocycles. The predicted molar refractivity (Wildman–Crippen MR) is 90.1 cm³/mol. The summed E-state index contributed by atoms with van der Waals surface area (Å²) in [5, 5.41) is 19.6. The average molecular weight is 329 g/mol. The summed E-state index contributed by atoms with van der Waals surface area (Å²) in [6, 6.07) is 5.46. The Balaban J connectivity index is 1.38. The second kappa shape index (κ2) is 6.32. The van der Waals surface area contributed by atoms with Crippen LogP contribution >= 0.6 is 0 Å². The van der Waals surface area contributed by atoms with Gasteiger partial charge < -0.3 is 15.1 Å². The van der Waals surface area contributed by atoms with Crippen LogP contribution in [-0.2, 0) is 6.54 Å². The summed E-state index contributed by atoms with van der Waals surface area (Å²) in [5.41, 5.74) is 0. The highest BCUT2D eigenvalue weighted by atomic mass is 16.3. The third kappa shape index (κ3) is 2.91. The summed E-state index contributed by atoms with van der Waals surface area (Å²) >= 11 is 0. The van der Waals surface area contributed by atoms with Gasteiger partial charge in [0.2, 0.25) is 5.95 Å². The Morgan fingerprint density at radius 2 is 1.75 bits per heavy atom. The van der Waals surface area contributed by atoms with E-state index in [1.165, 1.54) is 0 Å². The van der Waals surface area contributed by atoms with Crippen LogP contribution in [0.3, 0.4) is 0 Å². The fourth-order valence-electron chi connectivity index (χ4n) is 3.93. The van der Waals surface area contributed by atoms with Crippen LogP contribution in [0, 0.1) is 5.92 Å². The number of aromatic nitrogens is 3. The van der Waals surface area contributed by atoms with E-state index in [4.69, 9.17) is 0 Å². The van der Waals surface area contributed by atoms with Gasteiger partial charge in [-0.15, -0.1) is 0 Å². The smallest absolute Gasteiger partial charge is 0.225 e. The average Bonchev–Trinajstić information content (AvgIpc) is 2.94. The Labute approximate surface area is 141 Å².